The highest BCUT2D eigenvalue weighted by Gasteiger charge is 2.64. The molecule has 6 rings (SSSR count). The number of likely N-dealkylation sites (N-methyl/N-ethyl adjacent to an activating group) is 1. The summed E-state index contributed by atoms with van der Waals surface area (Å²) in [6, 6.07) is 10.7. The maximum atomic E-state index is 16.3. The van der Waals surface area contributed by atoms with E-state index in [0.717, 1.165) is 49.1 Å². The molecule has 13 nitrogen and oxygen atoms in total. The van der Waals surface area contributed by atoms with E-state index in [-0.39, 0.29) is 43.0 Å². The smallest absolute Gasteiger partial charge is 0.320 e. The number of hydrogen-bond donors (Lipinski definition) is 1. The average molecular weight is 844 g/mol. The number of carbonyl (C=O) groups excluding carboxylic acids is 1. The van der Waals surface area contributed by atoms with Crippen molar-refractivity contribution in [2.75, 3.05) is 59.6 Å². The lowest BCUT2D eigenvalue weighted by atomic mass is 9.60. The van der Waals surface area contributed by atoms with Gasteiger partial charge in [0.2, 0.25) is 0 Å². The van der Waals surface area contributed by atoms with Crippen LogP contribution in [0.2, 0.25) is 0 Å². The van der Waals surface area contributed by atoms with Gasteiger partial charge in [0.25, 0.3) is 0 Å². The maximum Gasteiger partial charge on any atom is 0.320 e. The number of thioether (sulfide) groups is 1. The number of aliphatic carboxylic acids is 1. The molecule has 1 aromatic heterocycles. The molecule has 2 aromatic carbocycles. The Morgan fingerprint density at radius 3 is 2.47 bits per heavy atom. The number of benzene rings is 2. The van der Waals surface area contributed by atoms with Gasteiger partial charge in [-0.25, -0.2) is 18.2 Å². The highest BCUT2D eigenvalue weighted by Crippen LogP contribution is 2.58. The molecule has 0 bridgehead atoms. The number of esters is 1. The first-order valence-electron chi connectivity index (χ1n) is 19.3. The van der Waals surface area contributed by atoms with Gasteiger partial charge < -0.3 is 24.2 Å². The summed E-state index contributed by atoms with van der Waals surface area (Å²) in [5.74, 6) is -5.42. The lowest BCUT2D eigenvalue weighted by Gasteiger charge is -2.52. The Labute approximate surface area is 350 Å². The van der Waals surface area contributed by atoms with Crippen molar-refractivity contribution in [3.05, 3.63) is 125 Å². The molecule has 3 aliphatic rings. The van der Waals surface area contributed by atoms with E-state index in [2.05, 4.69) is 21.1 Å². The lowest BCUT2D eigenvalue weighted by Crippen LogP contribution is -2.62. The van der Waals surface area contributed by atoms with E-state index in [4.69, 9.17) is 19.5 Å². The summed E-state index contributed by atoms with van der Waals surface area (Å²) < 4.78 is 63.2. The molecule has 0 amide bonds. The molecule has 2 saturated heterocycles. The normalized spacial score (nSPS) is 24.4. The highest BCUT2D eigenvalue weighted by atomic mass is 32.2. The number of hydrogen-bond acceptors (Lipinski definition) is 12. The molecule has 0 saturated carbocycles. The number of nitrogens with zero attached hydrogens (tertiary/aromatic N) is 7. The second-order valence-electron chi connectivity index (χ2n) is 14.7. The zero-order valence-electron chi connectivity index (χ0n) is 33.0. The molecule has 60 heavy (non-hydrogen) atoms. The number of carboxylic acid groups (broad SMARTS) is 1. The number of carboxylic acids is 1. The number of piperazine rings is 1. The van der Waals surface area contributed by atoms with Gasteiger partial charge in [-0.3, -0.25) is 19.2 Å². The van der Waals surface area contributed by atoms with Crippen molar-refractivity contribution in [3.8, 4) is 12.1 Å². The van der Waals surface area contributed by atoms with Crippen molar-refractivity contribution in [3.63, 3.8) is 0 Å². The number of halogens is 3. The Kier molecular flexibility index (Phi) is 14.4. The van der Waals surface area contributed by atoms with Crippen molar-refractivity contribution in [1.29, 1.82) is 10.5 Å². The summed E-state index contributed by atoms with van der Waals surface area (Å²) in [6.07, 6.45) is 11.4. The minimum Gasteiger partial charge on any atom is -0.480 e. The molecule has 3 atom stereocenters. The van der Waals surface area contributed by atoms with Crippen molar-refractivity contribution < 1.29 is 42.1 Å². The third kappa shape index (κ3) is 9.73. The Hall–Kier alpha value is -5.56. The van der Waals surface area contributed by atoms with E-state index in [1.807, 2.05) is 24.9 Å². The Balaban J connectivity index is 1.39. The van der Waals surface area contributed by atoms with E-state index in [9.17, 15) is 28.7 Å². The molecule has 314 valence electrons. The Bertz CT molecular complexity index is 2240. The molecule has 1 aliphatic carbocycles. The monoisotopic (exact) mass is 843 g/mol. The van der Waals surface area contributed by atoms with Gasteiger partial charge in [0.05, 0.1) is 47.5 Å². The Morgan fingerprint density at radius 1 is 1.07 bits per heavy atom. The molecule has 3 heterocycles. The van der Waals surface area contributed by atoms with Crippen molar-refractivity contribution in [1.82, 2.24) is 24.6 Å². The summed E-state index contributed by atoms with van der Waals surface area (Å²) in [7, 11) is 1.98. The van der Waals surface area contributed by atoms with Crippen molar-refractivity contribution in [2.24, 2.45) is 5.92 Å². The number of carbonyl (C=O) groups is 2. The molecular weight excluding hydrogens is 800 g/mol. The van der Waals surface area contributed by atoms with E-state index >= 15 is 4.39 Å². The van der Waals surface area contributed by atoms with Gasteiger partial charge in [0, 0.05) is 61.4 Å². The second kappa shape index (κ2) is 19.7. The largest absolute Gasteiger partial charge is 0.480 e. The van der Waals surface area contributed by atoms with Crippen LogP contribution in [0, 0.1) is 46.0 Å². The van der Waals surface area contributed by atoms with Crippen LogP contribution in [0.15, 0.2) is 90.6 Å². The summed E-state index contributed by atoms with van der Waals surface area (Å²) in [4.78, 5) is 36.1. The van der Waals surface area contributed by atoms with Crippen LogP contribution in [-0.2, 0) is 35.8 Å². The molecular formula is C43H44F3N7O6S. The fraction of sp³-hybridized carbons (Fsp3) is 0.395. The average Bonchev–Trinajstić information content (AvgIpc) is 3.76. The number of rotatable bonds is 15. The third-order valence-corrected chi connectivity index (χ3v) is 12.5. The minimum atomic E-state index is -2.45. The quantitative estimate of drug-likeness (QED) is 0.155. The molecule has 3 aromatic rings. The van der Waals surface area contributed by atoms with Gasteiger partial charge in [-0.05, 0) is 55.5 Å². The first-order valence-corrected chi connectivity index (χ1v) is 20.2. The highest BCUT2D eigenvalue weighted by molar-refractivity contribution is 8.01. The predicted molar refractivity (Wildman–Crippen MR) is 215 cm³/mol. The number of allylic oxidation sites excluding steroid dienone is 4. The van der Waals surface area contributed by atoms with E-state index in [1.165, 1.54) is 30.9 Å². The minimum absolute atomic E-state index is 0.00576. The van der Waals surface area contributed by atoms with E-state index < -0.39 is 69.2 Å². The fourth-order valence-electron chi connectivity index (χ4n) is 7.69. The standard InChI is InChI=1S/C43H44F3N7O6S/c1-3-31(22-53-28-49-27-50-53)36-16-30(21-48)19-42(41(55)56,35-11-10-33(44)18-38(35)46)43(36,26-59-39(54)23-52-14-12-51(2)13-15-52)60-34-24-57-40(58-25-34)7-5-4-6-32-9-8-29(20-47)17-37(32)45/h4-11,16-19,27-28,31,34,40H,3,12-15,22-26H2,1-2H3,(H,55,56)/t31?,34-,40-,42-,43-/m1/s1. The van der Waals surface area contributed by atoms with Crippen LogP contribution in [0.3, 0.4) is 0 Å². The molecule has 2 fully saturated rings. The van der Waals surface area contributed by atoms with Gasteiger partial charge in [0.15, 0.2) is 6.29 Å². The molecule has 2 aliphatic heterocycles. The predicted octanol–water partition coefficient (Wildman–Crippen LogP) is 5.28. The second-order valence-corrected chi connectivity index (χ2v) is 16.3. The summed E-state index contributed by atoms with van der Waals surface area (Å²) in [5, 5.41) is 34.6. The van der Waals surface area contributed by atoms with Gasteiger partial charge >= 0.3 is 11.9 Å². The molecule has 0 spiro atoms. The third-order valence-electron chi connectivity index (χ3n) is 10.8. The van der Waals surface area contributed by atoms with Crippen LogP contribution in [0.4, 0.5) is 13.2 Å². The first kappa shape index (κ1) is 44.0. The van der Waals surface area contributed by atoms with Crippen molar-refractivity contribution >= 4 is 29.8 Å². The topological polar surface area (TPSA) is 167 Å². The summed E-state index contributed by atoms with van der Waals surface area (Å²) in [5.41, 5.74) is -2.13. The van der Waals surface area contributed by atoms with Gasteiger partial charge in [-0.15, -0.1) is 11.8 Å². The van der Waals surface area contributed by atoms with E-state index in [0.29, 0.717) is 31.1 Å². The zero-order chi connectivity index (χ0) is 42.9. The fourth-order valence-corrected chi connectivity index (χ4v) is 9.48. The van der Waals surface area contributed by atoms with Crippen LogP contribution < -0.4 is 0 Å². The van der Waals surface area contributed by atoms with Crippen molar-refractivity contribution in [2.45, 2.75) is 41.6 Å². The lowest BCUT2D eigenvalue weighted by molar-refractivity contribution is -0.151. The van der Waals surface area contributed by atoms with Crippen LogP contribution in [0.25, 0.3) is 6.08 Å². The Morgan fingerprint density at radius 2 is 1.83 bits per heavy atom. The van der Waals surface area contributed by atoms with Gasteiger partial charge in [-0.2, -0.15) is 15.6 Å². The summed E-state index contributed by atoms with van der Waals surface area (Å²) in [6.45, 7) is 4.05. The number of nitriles is 2. The first-order chi connectivity index (χ1) is 28.9. The van der Waals surface area contributed by atoms with Crippen LogP contribution >= 0.6 is 11.8 Å². The zero-order valence-corrected chi connectivity index (χ0v) is 33.9. The van der Waals surface area contributed by atoms with Gasteiger partial charge in [0.1, 0.15) is 42.1 Å². The van der Waals surface area contributed by atoms with E-state index in [1.54, 1.807) is 29.0 Å². The molecule has 1 N–H and O–H groups in total. The maximum absolute atomic E-state index is 16.3. The number of aromatic nitrogens is 3. The van der Waals surface area contributed by atoms with Crippen LogP contribution in [0.5, 0.6) is 0 Å². The molecule has 0 radical (unpaired) electrons. The van der Waals surface area contributed by atoms with Crippen LogP contribution in [-0.4, -0.2) is 117 Å². The molecule has 17 heteroatoms. The van der Waals surface area contributed by atoms with Gasteiger partial charge in [-0.1, -0.05) is 37.3 Å². The van der Waals surface area contributed by atoms with Crippen LogP contribution in [0.1, 0.15) is 30.0 Å². The summed E-state index contributed by atoms with van der Waals surface area (Å²) >= 11 is 1.07. The number of ether oxygens (including phenoxy) is 3. The molecule has 1 unspecified atom stereocenters. The SMILES string of the molecule is CCC(Cn1cncn1)C1=CC(C#N)=C[C@](C(=O)O)(c2ccc(F)cc2F)[C@]1(COC(=O)CN1CCN(C)CC1)S[C@H]1CO[C@H](C=CC=Cc2ccc(C#N)cc2F)OC1.